The minimum atomic E-state index is -0.722. The van der Waals surface area contributed by atoms with E-state index in [4.69, 9.17) is 0 Å². The fraction of sp³-hybridized carbons (Fsp3) is 0.111. The predicted molar refractivity (Wildman–Crippen MR) is 87.1 cm³/mol. The van der Waals surface area contributed by atoms with Crippen molar-refractivity contribution in [2.75, 3.05) is 5.32 Å². The van der Waals surface area contributed by atoms with Crippen LogP contribution in [0.1, 0.15) is 21.5 Å². The van der Waals surface area contributed by atoms with Gasteiger partial charge in [0, 0.05) is 22.8 Å². The molecule has 0 aliphatic carbocycles. The molecule has 3 rings (SSSR count). The van der Waals surface area contributed by atoms with Gasteiger partial charge < -0.3 is 10.3 Å². The van der Waals surface area contributed by atoms with Gasteiger partial charge >= 0.3 is 0 Å². The van der Waals surface area contributed by atoms with Crippen molar-refractivity contribution in [3.8, 4) is 0 Å². The molecule has 0 spiro atoms. The molecule has 2 aromatic carbocycles. The summed E-state index contributed by atoms with van der Waals surface area (Å²) in [6, 6.07) is 9.60. The first kappa shape index (κ1) is 15.0. The molecule has 0 aliphatic rings. The third-order valence-corrected chi connectivity index (χ3v) is 3.57. The Kier molecular flexibility index (Phi) is 3.70. The Labute approximate surface area is 132 Å². The average Bonchev–Trinajstić information content (AvgIpc) is 2.88. The van der Waals surface area contributed by atoms with E-state index in [2.05, 4.69) is 10.3 Å². The fourth-order valence-electron chi connectivity index (χ4n) is 2.64. The number of H-pyrrole nitrogens is 1. The van der Waals surface area contributed by atoms with Crippen LogP contribution in [0, 0.1) is 19.7 Å². The molecular weight excluding hydrogens is 295 g/mol. The van der Waals surface area contributed by atoms with Gasteiger partial charge in [-0.1, -0.05) is 6.07 Å². The summed E-state index contributed by atoms with van der Waals surface area (Å²) in [7, 11) is 0. The summed E-state index contributed by atoms with van der Waals surface area (Å²) >= 11 is 0. The summed E-state index contributed by atoms with van der Waals surface area (Å²) in [6.45, 7) is 3.83. The van der Waals surface area contributed by atoms with Crippen molar-refractivity contribution in [2.24, 2.45) is 0 Å². The summed E-state index contributed by atoms with van der Waals surface area (Å²) in [5.41, 5.74) is 3.27. The number of benzene rings is 2. The predicted octanol–water partition coefficient (Wildman–Crippen LogP) is 3.75. The second-order valence-electron chi connectivity index (χ2n) is 5.55. The molecule has 1 aromatic heterocycles. The second kappa shape index (κ2) is 5.68. The zero-order valence-corrected chi connectivity index (χ0v) is 12.7. The monoisotopic (exact) mass is 310 g/mol. The molecule has 1 amide bonds. The highest BCUT2D eigenvalue weighted by molar-refractivity contribution is 6.48. The molecule has 2 N–H and O–H groups in total. The maximum Gasteiger partial charge on any atom is 0.296 e. The van der Waals surface area contributed by atoms with Gasteiger partial charge in [0.05, 0.1) is 5.56 Å². The third kappa shape index (κ3) is 2.99. The number of nitrogens with one attached hydrogen (secondary N) is 2. The molecule has 1 heterocycles. The number of Topliss-reactive ketones (excluding diaryl/α,β-unsaturated/α-hetero) is 1. The Morgan fingerprint density at radius 1 is 1.04 bits per heavy atom. The lowest BCUT2D eigenvalue weighted by atomic mass is 10.1. The number of hydrogen-bond acceptors (Lipinski definition) is 2. The van der Waals surface area contributed by atoms with Crippen molar-refractivity contribution < 1.29 is 14.0 Å². The van der Waals surface area contributed by atoms with E-state index >= 15 is 0 Å². The Hall–Kier alpha value is -2.95. The van der Waals surface area contributed by atoms with Gasteiger partial charge in [0.15, 0.2) is 0 Å². The Bertz CT molecular complexity index is 908. The van der Waals surface area contributed by atoms with E-state index in [9.17, 15) is 14.0 Å². The van der Waals surface area contributed by atoms with E-state index in [1.165, 1.54) is 24.4 Å². The molecule has 0 radical (unpaired) electrons. The van der Waals surface area contributed by atoms with Crippen LogP contribution < -0.4 is 5.32 Å². The minimum absolute atomic E-state index is 0.224. The zero-order valence-electron chi connectivity index (χ0n) is 12.7. The highest BCUT2D eigenvalue weighted by Crippen LogP contribution is 2.20. The smallest absolute Gasteiger partial charge is 0.296 e. The number of amides is 1. The van der Waals surface area contributed by atoms with Gasteiger partial charge in [-0.05, 0) is 55.3 Å². The van der Waals surface area contributed by atoms with Crippen molar-refractivity contribution in [1.82, 2.24) is 4.98 Å². The quantitative estimate of drug-likeness (QED) is 0.572. The van der Waals surface area contributed by atoms with Crippen LogP contribution >= 0.6 is 0 Å². The van der Waals surface area contributed by atoms with E-state index in [0.29, 0.717) is 16.6 Å². The first-order chi connectivity index (χ1) is 10.9. The number of rotatable bonds is 3. The first-order valence-electron chi connectivity index (χ1n) is 7.14. The van der Waals surface area contributed by atoms with E-state index in [1.54, 1.807) is 12.1 Å². The number of fused-ring (bicyclic) bond motifs is 1. The maximum atomic E-state index is 13.2. The lowest BCUT2D eigenvalue weighted by Crippen LogP contribution is -2.22. The molecule has 0 atom stereocenters. The highest BCUT2D eigenvalue weighted by atomic mass is 19.1. The van der Waals surface area contributed by atoms with Crippen molar-refractivity contribution in [3.05, 3.63) is 65.1 Å². The third-order valence-electron chi connectivity index (χ3n) is 3.57. The van der Waals surface area contributed by atoms with Crippen LogP contribution in [0.15, 0.2) is 42.6 Å². The van der Waals surface area contributed by atoms with Crippen LogP contribution in [0.5, 0.6) is 0 Å². The van der Waals surface area contributed by atoms with Gasteiger partial charge in [-0.2, -0.15) is 0 Å². The van der Waals surface area contributed by atoms with Crippen molar-refractivity contribution in [1.29, 1.82) is 0 Å². The van der Waals surface area contributed by atoms with Crippen molar-refractivity contribution in [3.63, 3.8) is 0 Å². The number of ketones is 1. The summed E-state index contributed by atoms with van der Waals surface area (Å²) in [5, 5.41) is 3.13. The van der Waals surface area contributed by atoms with Crippen LogP contribution in [0.4, 0.5) is 10.1 Å². The van der Waals surface area contributed by atoms with Gasteiger partial charge in [0.1, 0.15) is 5.82 Å². The second-order valence-corrected chi connectivity index (χ2v) is 5.55. The summed E-state index contributed by atoms with van der Waals surface area (Å²) in [6.07, 6.45) is 1.42. The van der Waals surface area contributed by atoms with E-state index < -0.39 is 17.5 Å². The summed E-state index contributed by atoms with van der Waals surface area (Å²) in [5.74, 6) is -1.79. The van der Waals surface area contributed by atoms with Crippen LogP contribution in [0.3, 0.4) is 0 Å². The number of halogens is 1. The van der Waals surface area contributed by atoms with Gasteiger partial charge in [-0.15, -0.1) is 0 Å². The summed E-state index contributed by atoms with van der Waals surface area (Å²) < 4.78 is 13.2. The number of aromatic nitrogens is 1. The standard InChI is InChI=1S/C18H15FN2O2/c1-10-5-11(2)7-13(6-10)21-18(23)17(22)15-9-20-16-8-12(19)3-4-14(15)16/h3-9,20H,1-2H3,(H,21,23). The number of aryl methyl sites for hydroxylation is 2. The topological polar surface area (TPSA) is 62.0 Å². The van der Waals surface area contributed by atoms with E-state index in [1.807, 2.05) is 19.9 Å². The zero-order chi connectivity index (χ0) is 16.6. The lowest BCUT2D eigenvalue weighted by Gasteiger charge is -2.06. The minimum Gasteiger partial charge on any atom is -0.360 e. The van der Waals surface area contributed by atoms with E-state index in [0.717, 1.165) is 11.1 Å². The molecule has 0 aliphatic heterocycles. The molecular formula is C18H15FN2O2. The fourth-order valence-corrected chi connectivity index (χ4v) is 2.64. The molecule has 23 heavy (non-hydrogen) atoms. The van der Waals surface area contributed by atoms with Crippen LogP contribution in [0.2, 0.25) is 0 Å². The molecule has 0 unspecified atom stereocenters. The molecule has 0 fully saturated rings. The SMILES string of the molecule is Cc1cc(C)cc(NC(=O)C(=O)c2c[nH]c3cc(F)ccc23)c1. The number of hydrogen-bond donors (Lipinski definition) is 2. The number of anilines is 1. The molecule has 4 nitrogen and oxygen atoms in total. The first-order valence-corrected chi connectivity index (χ1v) is 7.14. The van der Waals surface area contributed by atoms with Crippen LogP contribution in [0.25, 0.3) is 10.9 Å². The molecule has 0 saturated carbocycles. The normalized spacial score (nSPS) is 10.7. The van der Waals surface area contributed by atoms with Crippen molar-refractivity contribution in [2.45, 2.75) is 13.8 Å². The average molecular weight is 310 g/mol. The van der Waals surface area contributed by atoms with E-state index in [-0.39, 0.29) is 5.56 Å². The maximum absolute atomic E-state index is 13.2. The Balaban J connectivity index is 1.88. The van der Waals surface area contributed by atoms with Gasteiger partial charge in [0.2, 0.25) is 0 Å². The van der Waals surface area contributed by atoms with Crippen LogP contribution in [-0.4, -0.2) is 16.7 Å². The molecule has 116 valence electrons. The molecule has 0 saturated heterocycles. The number of carbonyl (C=O) groups excluding carboxylic acids is 2. The molecule has 5 heteroatoms. The summed E-state index contributed by atoms with van der Waals surface area (Å²) in [4.78, 5) is 27.4. The van der Waals surface area contributed by atoms with Gasteiger partial charge in [-0.3, -0.25) is 9.59 Å². The van der Waals surface area contributed by atoms with Crippen LogP contribution in [-0.2, 0) is 4.79 Å². The largest absolute Gasteiger partial charge is 0.360 e. The Morgan fingerprint density at radius 2 is 1.74 bits per heavy atom. The van der Waals surface area contributed by atoms with Crippen molar-refractivity contribution >= 4 is 28.3 Å². The van der Waals surface area contributed by atoms with Gasteiger partial charge in [0.25, 0.3) is 11.7 Å². The highest BCUT2D eigenvalue weighted by Gasteiger charge is 2.20. The molecule has 3 aromatic rings. The Morgan fingerprint density at radius 3 is 2.43 bits per heavy atom. The number of aromatic amines is 1. The lowest BCUT2D eigenvalue weighted by molar-refractivity contribution is -0.112. The number of carbonyl (C=O) groups is 2. The molecule has 0 bridgehead atoms. The van der Waals surface area contributed by atoms with Gasteiger partial charge in [-0.25, -0.2) is 4.39 Å².